The van der Waals surface area contributed by atoms with Crippen molar-refractivity contribution in [2.75, 3.05) is 12.3 Å². The number of amides is 1. The zero-order valence-corrected chi connectivity index (χ0v) is 15.7. The van der Waals surface area contributed by atoms with Gasteiger partial charge in [0, 0.05) is 17.4 Å². The standard InChI is InChI=1S/C20H17N3OS2/c24-19(23-12-11-17(22-23)15-7-3-1-4-8-15)14-26-20-21-18(13-25-20)16-9-5-2-6-10-16/h1-10,13H,11-12,14H2. The van der Waals surface area contributed by atoms with Crippen LogP contribution in [0.4, 0.5) is 0 Å². The molecule has 0 saturated heterocycles. The highest BCUT2D eigenvalue weighted by molar-refractivity contribution is 8.01. The van der Waals surface area contributed by atoms with Crippen LogP contribution in [0, 0.1) is 0 Å². The maximum absolute atomic E-state index is 12.4. The van der Waals surface area contributed by atoms with Gasteiger partial charge in [0.2, 0.25) is 0 Å². The molecule has 1 aliphatic rings. The number of carbonyl (C=O) groups is 1. The number of aromatic nitrogens is 1. The number of thiazole rings is 1. The van der Waals surface area contributed by atoms with Crippen LogP contribution in [-0.2, 0) is 4.79 Å². The van der Waals surface area contributed by atoms with E-state index >= 15 is 0 Å². The van der Waals surface area contributed by atoms with E-state index in [4.69, 9.17) is 0 Å². The lowest BCUT2D eigenvalue weighted by molar-refractivity contribution is -0.127. The average Bonchev–Trinajstić information content (AvgIpc) is 3.37. The fourth-order valence-electron chi connectivity index (χ4n) is 2.73. The van der Waals surface area contributed by atoms with Crippen LogP contribution in [0.5, 0.6) is 0 Å². The zero-order chi connectivity index (χ0) is 17.8. The van der Waals surface area contributed by atoms with Gasteiger partial charge in [-0.05, 0) is 5.56 Å². The van der Waals surface area contributed by atoms with E-state index in [0.29, 0.717) is 12.3 Å². The molecule has 0 radical (unpaired) electrons. The molecular formula is C20H17N3OS2. The highest BCUT2D eigenvalue weighted by Crippen LogP contribution is 2.28. The molecule has 130 valence electrons. The van der Waals surface area contributed by atoms with Gasteiger partial charge in [-0.15, -0.1) is 11.3 Å². The van der Waals surface area contributed by atoms with E-state index in [1.165, 1.54) is 11.8 Å². The Bertz CT molecular complexity index is 922. The van der Waals surface area contributed by atoms with E-state index in [0.717, 1.165) is 33.3 Å². The summed E-state index contributed by atoms with van der Waals surface area (Å²) in [7, 11) is 0. The molecule has 6 heteroatoms. The second-order valence-electron chi connectivity index (χ2n) is 5.83. The molecule has 3 aromatic rings. The molecule has 2 heterocycles. The van der Waals surface area contributed by atoms with Crippen LogP contribution in [0.15, 0.2) is 75.5 Å². The predicted octanol–water partition coefficient (Wildman–Crippen LogP) is 4.54. The topological polar surface area (TPSA) is 45.6 Å². The third-order valence-electron chi connectivity index (χ3n) is 4.07. The number of benzene rings is 2. The normalized spacial score (nSPS) is 13.7. The van der Waals surface area contributed by atoms with Gasteiger partial charge in [0.15, 0.2) is 4.34 Å². The Morgan fingerprint density at radius 1 is 1.04 bits per heavy atom. The molecule has 1 amide bonds. The first-order valence-corrected chi connectivity index (χ1v) is 10.2. The molecule has 0 atom stereocenters. The fourth-order valence-corrected chi connectivity index (χ4v) is 4.44. The Morgan fingerprint density at radius 3 is 2.46 bits per heavy atom. The first-order valence-electron chi connectivity index (χ1n) is 8.36. The summed E-state index contributed by atoms with van der Waals surface area (Å²) >= 11 is 3.05. The average molecular weight is 380 g/mol. The fraction of sp³-hybridized carbons (Fsp3) is 0.150. The van der Waals surface area contributed by atoms with Crippen molar-refractivity contribution in [3.8, 4) is 11.3 Å². The number of carbonyl (C=O) groups excluding carboxylic acids is 1. The zero-order valence-electron chi connectivity index (χ0n) is 14.0. The number of hydrogen-bond donors (Lipinski definition) is 0. The van der Waals surface area contributed by atoms with Gasteiger partial charge in [0.1, 0.15) is 0 Å². The number of hydrogen-bond acceptors (Lipinski definition) is 5. The maximum atomic E-state index is 12.4. The number of thioether (sulfide) groups is 1. The lowest BCUT2D eigenvalue weighted by Crippen LogP contribution is -2.25. The number of hydrazone groups is 1. The third kappa shape index (κ3) is 3.86. The van der Waals surface area contributed by atoms with Crippen LogP contribution < -0.4 is 0 Å². The van der Waals surface area contributed by atoms with Gasteiger partial charge in [0.25, 0.3) is 5.91 Å². The van der Waals surface area contributed by atoms with Gasteiger partial charge in [-0.25, -0.2) is 9.99 Å². The summed E-state index contributed by atoms with van der Waals surface area (Å²) in [5.41, 5.74) is 4.11. The van der Waals surface area contributed by atoms with Crippen molar-refractivity contribution in [1.82, 2.24) is 9.99 Å². The van der Waals surface area contributed by atoms with E-state index < -0.39 is 0 Å². The van der Waals surface area contributed by atoms with Crippen molar-refractivity contribution < 1.29 is 4.79 Å². The van der Waals surface area contributed by atoms with Gasteiger partial charge in [-0.3, -0.25) is 4.79 Å². The molecule has 1 aromatic heterocycles. The molecule has 2 aromatic carbocycles. The van der Waals surface area contributed by atoms with Gasteiger partial charge in [-0.2, -0.15) is 5.10 Å². The molecule has 0 aliphatic carbocycles. The molecule has 0 unspecified atom stereocenters. The highest BCUT2D eigenvalue weighted by atomic mass is 32.2. The summed E-state index contributed by atoms with van der Waals surface area (Å²) < 4.78 is 0.906. The van der Waals surface area contributed by atoms with Gasteiger partial charge < -0.3 is 0 Å². The first kappa shape index (κ1) is 17.0. The van der Waals surface area contributed by atoms with Crippen LogP contribution in [0.25, 0.3) is 11.3 Å². The van der Waals surface area contributed by atoms with Crippen LogP contribution in [-0.4, -0.2) is 33.9 Å². The lowest BCUT2D eigenvalue weighted by atomic mass is 10.1. The third-order valence-corrected chi connectivity index (χ3v) is 6.07. The molecule has 1 aliphatic heterocycles. The Kier molecular flexibility index (Phi) is 5.13. The molecule has 26 heavy (non-hydrogen) atoms. The summed E-state index contributed by atoms with van der Waals surface area (Å²) in [5, 5.41) is 8.11. The molecule has 4 rings (SSSR count). The molecule has 0 spiro atoms. The maximum Gasteiger partial charge on any atom is 0.253 e. The summed E-state index contributed by atoms with van der Waals surface area (Å²) in [5.74, 6) is 0.380. The summed E-state index contributed by atoms with van der Waals surface area (Å²) in [6.45, 7) is 0.650. The summed E-state index contributed by atoms with van der Waals surface area (Å²) in [6, 6.07) is 20.1. The molecule has 0 saturated carbocycles. The van der Waals surface area contributed by atoms with Gasteiger partial charge >= 0.3 is 0 Å². The second-order valence-corrected chi connectivity index (χ2v) is 7.91. The monoisotopic (exact) mass is 379 g/mol. The first-order chi connectivity index (χ1) is 12.8. The Hall–Kier alpha value is -2.44. The van der Waals surface area contributed by atoms with Crippen molar-refractivity contribution in [1.29, 1.82) is 0 Å². The van der Waals surface area contributed by atoms with E-state index in [-0.39, 0.29) is 5.91 Å². The lowest BCUT2D eigenvalue weighted by Gasteiger charge is -2.10. The van der Waals surface area contributed by atoms with Crippen LogP contribution >= 0.6 is 23.1 Å². The highest BCUT2D eigenvalue weighted by Gasteiger charge is 2.21. The van der Waals surface area contributed by atoms with Crippen LogP contribution in [0.2, 0.25) is 0 Å². The van der Waals surface area contributed by atoms with E-state index in [1.54, 1.807) is 16.3 Å². The number of nitrogens with zero attached hydrogens (tertiary/aromatic N) is 3. The minimum Gasteiger partial charge on any atom is -0.272 e. The van der Waals surface area contributed by atoms with Gasteiger partial charge in [-0.1, -0.05) is 72.4 Å². The molecular weight excluding hydrogens is 362 g/mol. The summed E-state index contributed by atoms with van der Waals surface area (Å²) in [6.07, 6.45) is 0.801. The Morgan fingerprint density at radius 2 is 1.73 bits per heavy atom. The van der Waals surface area contributed by atoms with Crippen molar-refractivity contribution in [2.45, 2.75) is 10.8 Å². The quantitative estimate of drug-likeness (QED) is 0.612. The van der Waals surface area contributed by atoms with E-state index in [2.05, 4.69) is 10.1 Å². The Labute approximate surface area is 160 Å². The summed E-state index contributed by atoms with van der Waals surface area (Å²) in [4.78, 5) is 17.1. The predicted molar refractivity (Wildman–Crippen MR) is 108 cm³/mol. The van der Waals surface area contributed by atoms with Crippen molar-refractivity contribution in [2.24, 2.45) is 5.10 Å². The largest absolute Gasteiger partial charge is 0.272 e. The minimum atomic E-state index is 0.0254. The van der Waals surface area contributed by atoms with Crippen molar-refractivity contribution in [3.63, 3.8) is 0 Å². The second kappa shape index (κ2) is 7.85. The van der Waals surface area contributed by atoms with Crippen LogP contribution in [0.1, 0.15) is 12.0 Å². The smallest absolute Gasteiger partial charge is 0.253 e. The van der Waals surface area contributed by atoms with E-state index in [1.807, 2.05) is 66.0 Å². The Balaban J connectivity index is 1.36. The van der Waals surface area contributed by atoms with Crippen molar-refractivity contribution >= 4 is 34.7 Å². The van der Waals surface area contributed by atoms with Gasteiger partial charge in [0.05, 0.1) is 23.7 Å². The van der Waals surface area contributed by atoms with Crippen LogP contribution in [0.3, 0.4) is 0 Å². The molecule has 0 fully saturated rings. The minimum absolute atomic E-state index is 0.0254. The molecule has 0 bridgehead atoms. The van der Waals surface area contributed by atoms with E-state index in [9.17, 15) is 4.79 Å². The molecule has 0 N–H and O–H groups in total. The number of rotatable bonds is 5. The SMILES string of the molecule is O=C(CSc1nc(-c2ccccc2)cs1)N1CCC(c2ccccc2)=N1. The molecule has 4 nitrogen and oxygen atoms in total. The van der Waals surface area contributed by atoms with Crippen molar-refractivity contribution in [3.05, 3.63) is 71.6 Å².